The average Bonchev–Trinajstić information content (AvgIpc) is 2.91. The van der Waals surface area contributed by atoms with Crippen molar-refractivity contribution in [3.05, 3.63) is 186 Å². The summed E-state index contributed by atoms with van der Waals surface area (Å²) in [5.41, 5.74) is 25.1. The molecule has 84 heavy (non-hydrogen) atoms. The number of carbonyl (C=O) groups excluding carboxylic acids is 2. The normalized spacial score (nSPS) is 12.1. The van der Waals surface area contributed by atoms with Crippen LogP contribution in [0.25, 0.3) is 102 Å². The monoisotopic (exact) mass is 1110 g/mol. The molecule has 414 valence electrons. The minimum atomic E-state index is -1.33. The lowest BCUT2D eigenvalue weighted by atomic mass is 10.0. The van der Waals surface area contributed by atoms with Crippen molar-refractivity contribution in [2.24, 2.45) is 0 Å². The Balaban J connectivity index is 0.893. The van der Waals surface area contributed by atoms with Gasteiger partial charge < -0.3 is 56.8 Å². The third-order valence-corrected chi connectivity index (χ3v) is 14.3. The zero-order chi connectivity index (χ0) is 58.2. The van der Waals surface area contributed by atoms with Gasteiger partial charge in [0.2, 0.25) is 5.95 Å². The number of phenols is 3. The van der Waals surface area contributed by atoms with Crippen LogP contribution < -0.4 is 26.4 Å². The Kier molecular flexibility index (Phi) is 13.9. The Morgan fingerprint density at radius 2 is 1.01 bits per heavy atom. The van der Waals surface area contributed by atoms with Gasteiger partial charge in [0.25, 0.3) is 5.91 Å². The predicted molar refractivity (Wildman–Crippen MR) is 322 cm³/mol. The number of hydrogen-bond donors (Lipinski definition) is 9. The van der Waals surface area contributed by atoms with Crippen LogP contribution in [-0.2, 0) is 16.1 Å². The minimum Gasteiger partial charge on any atom is -0.508 e. The van der Waals surface area contributed by atoms with E-state index in [4.69, 9.17) is 26.2 Å². The highest BCUT2D eigenvalue weighted by Gasteiger charge is 2.26. The molecule has 5 aromatic heterocycles. The van der Waals surface area contributed by atoms with Crippen molar-refractivity contribution in [2.45, 2.75) is 25.4 Å². The number of nitrogens with two attached hydrogens (primary N) is 2. The number of aromatic amines is 2. The molecular weight excluding hydrogens is 1060 g/mol. The van der Waals surface area contributed by atoms with Gasteiger partial charge in [0.05, 0.1) is 41.2 Å². The number of aliphatic carboxylic acids is 1. The topological polar surface area (TPSA) is 318 Å². The number of aromatic nitrogens is 8. The van der Waals surface area contributed by atoms with Crippen LogP contribution in [0.5, 0.6) is 23.0 Å². The highest BCUT2D eigenvalue weighted by molar-refractivity contribution is 6.01. The number of nitrogens with zero attached hydrogens (tertiary/aromatic N) is 7. The lowest BCUT2D eigenvalue weighted by molar-refractivity contribution is -0.139. The average molecular weight is 1120 g/mol. The molecular formula is C64H50N12O8. The number of carboxylic acid groups (broad SMARTS) is 1. The molecule has 1 atom stereocenters. The molecule has 12 rings (SSSR count). The van der Waals surface area contributed by atoms with Crippen LogP contribution in [0, 0.1) is 0 Å². The molecule has 2 aliphatic rings. The molecule has 20 heteroatoms. The smallest absolute Gasteiger partial charge is 0.334 e. The second-order valence-electron chi connectivity index (χ2n) is 20.0. The lowest BCUT2D eigenvalue weighted by Crippen LogP contribution is -2.43. The van der Waals surface area contributed by atoms with Crippen LogP contribution in [-0.4, -0.2) is 91.2 Å². The van der Waals surface area contributed by atoms with E-state index >= 15 is 0 Å². The van der Waals surface area contributed by atoms with Gasteiger partial charge >= 0.3 is 11.9 Å². The number of esters is 1. The van der Waals surface area contributed by atoms with Gasteiger partial charge in [0, 0.05) is 69.0 Å². The van der Waals surface area contributed by atoms with E-state index in [0.29, 0.717) is 62.7 Å². The summed E-state index contributed by atoms with van der Waals surface area (Å²) >= 11 is 0. The molecule has 0 saturated carbocycles. The Labute approximate surface area is 477 Å². The van der Waals surface area contributed by atoms with E-state index in [1.165, 1.54) is 0 Å². The Bertz CT molecular complexity index is 4440. The van der Waals surface area contributed by atoms with Gasteiger partial charge in [-0.25, -0.2) is 24.7 Å². The van der Waals surface area contributed by atoms with E-state index in [9.17, 15) is 34.8 Å². The molecule has 0 spiro atoms. The zero-order valence-corrected chi connectivity index (χ0v) is 44.6. The molecule has 0 fully saturated rings. The SMILES string of the molecule is CN(Cc1cnc2c(N)nc(N)nc2n1)c1ccc(C(=O)NC(CCC(=O)O)C(=O)Oc2ccc(-c3c4nc(c(-c5ccc(O)cc5)c5ccc([nH]5)c(-c5ccc(O)cc5)c5nc(c(-c6ccc(O)cc6)c6ccc3[nH]6)C=C5)C=C4)cc2)cc1. The molecule has 1 amide bonds. The van der Waals surface area contributed by atoms with Gasteiger partial charge in [-0.2, -0.15) is 9.97 Å². The molecule has 5 aromatic carbocycles. The summed E-state index contributed by atoms with van der Waals surface area (Å²) in [7, 11) is 1.83. The third kappa shape index (κ3) is 10.9. The number of carbonyl (C=O) groups is 3. The third-order valence-electron chi connectivity index (χ3n) is 14.3. The summed E-state index contributed by atoms with van der Waals surface area (Å²) in [5.74, 6) is -2.10. The first kappa shape index (κ1) is 53.0. The van der Waals surface area contributed by atoms with Crippen molar-refractivity contribution in [2.75, 3.05) is 23.4 Å². The maximum Gasteiger partial charge on any atom is 0.334 e. The quantitative estimate of drug-likeness (QED) is 0.0361. The number of nitrogen functional groups attached to an aromatic ring is 2. The molecule has 7 heterocycles. The Morgan fingerprint density at radius 3 is 1.45 bits per heavy atom. The number of ether oxygens (including phenoxy) is 1. The van der Waals surface area contributed by atoms with Crippen molar-refractivity contribution in [1.29, 1.82) is 0 Å². The number of nitrogens with one attached hydrogen (secondary N) is 3. The molecule has 0 aliphatic carbocycles. The van der Waals surface area contributed by atoms with Crippen LogP contribution in [0.1, 0.15) is 51.7 Å². The maximum absolute atomic E-state index is 14.0. The van der Waals surface area contributed by atoms with Crippen molar-refractivity contribution < 1.29 is 39.5 Å². The van der Waals surface area contributed by atoms with Crippen molar-refractivity contribution in [1.82, 2.24) is 45.2 Å². The fourth-order valence-electron chi connectivity index (χ4n) is 10.2. The number of benzene rings is 5. The Hall–Kier alpha value is -11.7. The van der Waals surface area contributed by atoms with Crippen molar-refractivity contribution in [3.63, 3.8) is 0 Å². The number of H-pyrrole nitrogens is 2. The standard InChI is InChI=1S/C64H50N12O8/c1-76(33-39-32-67-59-60(65)74-64(66)75-61(59)68-39)40-12-2-38(3-13-40)62(82)73-53(30-31-54(80)81)63(83)84-44-20-10-37(11-21-44)58-51-28-26-49(71-51)56(35-6-16-42(78)17-7-35)47-24-22-45(69-47)55(34-4-14-41(77)15-5-34)46-23-25-48(70-46)57(50-27-29-52(58)72-50)36-8-18-43(79)19-9-36/h2-29,32,53,69,72,77-79H,30-31,33H2,1H3,(H,73,82)(H,80,81)(H4,65,66,68,74,75). The van der Waals surface area contributed by atoms with Crippen LogP contribution in [0.4, 0.5) is 17.5 Å². The second-order valence-corrected chi connectivity index (χ2v) is 20.0. The summed E-state index contributed by atoms with van der Waals surface area (Å²) in [6, 6.07) is 40.6. The first-order chi connectivity index (χ1) is 40.7. The summed E-state index contributed by atoms with van der Waals surface area (Å²) in [5, 5.41) is 43.4. The number of phenolic OH excluding ortho intramolecular Hbond substituents is 3. The van der Waals surface area contributed by atoms with Crippen LogP contribution in [0.2, 0.25) is 0 Å². The van der Waals surface area contributed by atoms with Crippen LogP contribution >= 0.6 is 0 Å². The molecule has 1 unspecified atom stereocenters. The summed E-state index contributed by atoms with van der Waals surface area (Å²) in [4.78, 5) is 76.2. The van der Waals surface area contributed by atoms with Gasteiger partial charge in [-0.15, -0.1) is 0 Å². The van der Waals surface area contributed by atoms with E-state index in [-0.39, 0.29) is 52.4 Å². The van der Waals surface area contributed by atoms with Crippen LogP contribution in [0.15, 0.2) is 152 Å². The molecule has 10 aromatic rings. The predicted octanol–water partition coefficient (Wildman–Crippen LogP) is 10.5. The highest BCUT2D eigenvalue weighted by Crippen LogP contribution is 2.40. The summed E-state index contributed by atoms with van der Waals surface area (Å²) < 4.78 is 5.88. The Morgan fingerprint density at radius 1 is 0.571 bits per heavy atom. The number of amides is 1. The van der Waals surface area contributed by atoms with E-state index in [1.807, 2.05) is 96.9 Å². The van der Waals surface area contributed by atoms with Gasteiger partial charge in [0.1, 0.15) is 34.6 Å². The van der Waals surface area contributed by atoms with Gasteiger partial charge in [-0.05, 0) is 150 Å². The number of aromatic hydroxyl groups is 3. The summed E-state index contributed by atoms with van der Waals surface area (Å²) in [6.45, 7) is 0.317. The van der Waals surface area contributed by atoms with Crippen molar-refractivity contribution in [3.8, 4) is 67.5 Å². The fraction of sp³-hybridized carbons (Fsp3) is 0.0781. The molecule has 2 aliphatic heterocycles. The fourth-order valence-corrected chi connectivity index (χ4v) is 10.2. The van der Waals surface area contributed by atoms with Gasteiger partial charge in [-0.3, -0.25) is 9.59 Å². The lowest BCUT2D eigenvalue weighted by Gasteiger charge is -2.20. The molecule has 8 bridgehead atoms. The summed E-state index contributed by atoms with van der Waals surface area (Å²) in [6.07, 6.45) is 8.61. The first-order valence-corrected chi connectivity index (χ1v) is 26.4. The second kappa shape index (κ2) is 22.1. The van der Waals surface area contributed by atoms with E-state index < -0.39 is 30.3 Å². The largest absolute Gasteiger partial charge is 0.508 e. The van der Waals surface area contributed by atoms with E-state index in [2.05, 4.69) is 35.2 Å². The number of rotatable bonds is 14. The molecule has 0 radical (unpaired) electrons. The highest BCUT2D eigenvalue weighted by atomic mass is 16.5. The zero-order valence-electron chi connectivity index (χ0n) is 44.6. The first-order valence-electron chi connectivity index (χ1n) is 26.4. The molecule has 0 saturated heterocycles. The number of hydrogen-bond acceptors (Lipinski definition) is 16. The number of fused-ring (bicyclic) bond motifs is 9. The molecule has 11 N–H and O–H groups in total. The van der Waals surface area contributed by atoms with Crippen molar-refractivity contribution >= 4 is 92.8 Å². The van der Waals surface area contributed by atoms with Gasteiger partial charge in [0.15, 0.2) is 11.5 Å². The number of anilines is 3. The molecule has 20 nitrogen and oxygen atoms in total. The minimum absolute atomic E-state index is 0.0220. The maximum atomic E-state index is 14.0. The number of carboxylic acids is 1. The van der Waals surface area contributed by atoms with E-state index in [1.54, 1.807) is 91.1 Å². The van der Waals surface area contributed by atoms with E-state index in [0.717, 1.165) is 50.1 Å². The van der Waals surface area contributed by atoms with Crippen LogP contribution in [0.3, 0.4) is 0 Å². The van der Waals surface area contributed by atoms with Gasteiger partial charge in [-0.1, -0.05) is 48.5 Å².